The van der Waals surface area contributed by atoms with Crippen molar-refractivity contribution in [2.75, 3.05) is 0 Å². The van der Waals surface area contributed by atoms with Crippen LogP contribution < -0.4 is 5.32 Å². The molecule has 0 aliphatic heterocycles. The van der Waals surface area contributed by atoms with Crippen LogP contribution in [0.15, 0.2) is 24.4 Å². The SMILES string of the molecule is CC(=O)N[C@@H](Cc1c[nH]c2cc([N+](=O)[O-])ccc12)C(=O)O. The summed E-state index contributed by atoms with van der Waals surface area (Å²) >= 11 is 0. The Labute approximate surface area is 118 Å². The van der Waals surface area contributed by atoms with Crippen molar-refractivity contribution in [1.82, 2.24) is 10.3 Å². The second-order valence-corrected chi connectivity index (χ2v) is 4.60. The molecule has 0 bridgehead atoms. The van der Waals surface area contributed by atoms with Gasteiger partial charge < -0.3 is 15.4 Å². The molecule has 1 heterocycles. The van der Waals surface area contributed by atoms with Crippen molar-refractivity contribution in [2.24, 2.45) is 0 Å². The molecular formula is C13H13N3O5. The van der Waals surface area contributed by atoms with Gasteiger partial charge in [-0.1, -0.05) is 0 Å². The molecule has 110 valence electrons. The van der Waals surface area contributed by atoms with Crippen LogP contribution >= 0.6 is 0 Å². The predicted octanol–water partition coefficient (Wildman–Crippen LogP) is 1.21. The van der Waals surface area contributed by atoms with E-state index in [9.17, 15) is 19.7 Å². The van der Waals surface area contributed by atoms with Gasteiger partial charge in [0.2, 0.25) is 5.91 Å². The zero-order chi connectivity index (χ0) is 15.6. The zero-order valence-electron chi connectivity index (χ0n) is 11.1. The maximum absolute atomic E-state index is 11.1. The Kier molecular flexibility index (Phi) is 3.88. The van der Waals surface area contributed by atoms with E-state index in [0.29, 0.717) is 16.5 Å². The second kappa shape index (κ2) is 5.61. The van der Waals surface area contributed by atoms with E-state index < -0.39 is 22.8 Å². The number of carbonyl (C=O) groups is 2. The number of nitro benzene ring substituents is 1. The van der Waals surface area contributed by atoms with Gasteiger partial charge in [-0.15, -0.1) is 0 Å². The number of benzene rings is 1. The first-order valence-corrected chi connectivity index (χ1v) is 6.13. The van der Waals surface area contributed by atoms with Crippen LogP contribution in [0.25, 0.3) is 10.9 Å². The molecule has 1 amide bonds. The number of amides is 1. The molecule has 8 nitrogen and oxygen atoms in total. The highest BCUT2D eigenvalue weighted by molar-refractivity contribution is 5.87. The summed E-state index contributed by atoms with van der Waals surface area (Å²) < 4.78 is 0. The minimum absolute atomic E-state index is 0.0486. The molecule has 0 saturated heterocycles. The lowest BCUT2D eigenvalue weighted by Gasteiger charge is -2.12. The van der Waals surface area contributed by atoms with Gasteiger partial charge in [0, 0.05) is 37.1 Å². The van der Waals surface area contributed by atoms with Gasteiger partial charge in [-0.2, -0.15) is 0 Å². The Balaban J connectivity index is 2.32. The number of rotatable bonds is 5. The van der Waals surface area contributed by atoms with E-state index in [1.165, 1.54) is 19.1 Å². The molecule has 2 aromatic rings. The summed E-state index contributed by atoms with van der Waals surface area (Å²) in [6.07, 6.45) is 1.68. The maximum atomic E-state index is 11.1. The van der Waals surface area contributed by atoms with Crippen LogP contribution in [0, 0.1) is 10.1 Å². The number of non-ortho nitro benzene ring substituents is 1. The third kappa shape index (κ3) is 3.16. The van der Waals surface area contributed by atoms with Gasteiger partial charge in [0.25, 0.3) is 5.69 Å². The van der Waals surface area contributed by atoms with Crippen LogP contribution in [0.3, 0.4) is 0 Å². The third-order valence-corrected chi connectivity index (χ3v) is 3.06. The first-order valence-electron chi connectivity index (χ1n) is 6.13. The van der Waals surface area contributed by atoms with Crippen molar-refractivity contribution in [3.63, 3.8) is 0 Å². The average Bonchev–Trinajstić information content (AvgIpc) is 2.79. The Bertz CT molecular complexity index is 722. The van der Waals surface area contributed by atoms with Crippen molar-refractivity contribution in [2.45, 2.75) is 19.4 Å². The summed E-state index contributed by atoms with van der Waals surface area (Å²) in [6.45, 7) is 1.24. The van der Waals surface area contributed by atoms with Crippen LogP contribution in [-0.4, -0.2) is 32.9 Å². The molecule has 0 saturated carbocycles. The fourth-order valence-corrected chi connectivity index (χ4v) is 2.12. The third-order valence-electron chi connectivity index (χ3n) is 3.06. The molecule has 0 spiro atoms. The van der Waals surface area contributed by atoms with Gasteiger partial charge in [0.1, 0.15) is 6.04 Å². The van der Waals surface area contributed by atoms with E-state index in [4.69, 9.17) is 5.11 Å². The number of carboxylic acid groups (broad SMARTS) is 1. The largest absolute Gasteiger partial charge is 0.480 e. The summed E-state index contributed by atoms with van der Waals surface area (Å²) in [7, 11) is 0. The molecule has 2 rings (SSSR count). The lowest BCUT2D eigenvalue weighted by atomic mass is 10.0. The van der Waals surface area contributed by atoms with Crippen LogP contribution in [0.1, 0.15) is 12.5 Å². The van der Waals surface area contributed by atoms with Crippen LogP contribution in [-0.2, 0) is 16.0 Å². The van der Waals surface area contributed by atoms with Gasteiger partial charge in [-0.3, -0.25) is 14.9 Å². The Hall–Kier alpha value is -2.90. The van der Waals surface area contributed by atoms with Crippen molar-refractivity contribution in [3.8, 4) is 0 Å². The number of nitro groups is 1. The molecule has 0 aliphatic rings. The minimum atomic E-state index is -1.14. The minimum Gasteiger partial charge on any atom is -0.480 e. The molecule has 0 aliphatic carbocycles. The second-order valence-electron chi connectivity index (χ2n) is 4.60. The molecule has 1 aromatic heterocycles. The quantitative estimate of drug-likeness (QED) is 0.564. The number of nitrogens with one attached hydrogen (secondary N) is 2. The van der Waals surface area contributed by atoms with Gasteiger partial charge >= 0.3 is 5.97 Å². The van der Waals surface area contributed by atoms with Crippen LogP contribution in [0.4, 0.5) is 5.69 Å². The number of hydrogen-bond acceptors (Lipinski definition) is 4. The van der Waals surface area contributed by atoms with Crippen LogP contribution in [0.2, 0.25) is 0 Å². The normalized spacial score (nSPS) is 12.0. The monoisotopic (exact) mass is 291 g/mol. The molecule has 0 unspecified atom stereocenters. The topological polar surface area (TPSA) is 125 Å². The summed E-state index contributed by atoms with van der Waals surface area (Å²) in [5.74, 6) is -1.57. The zero-order valence-corrected chi connectivity index (χ0v) is 11.1. The molecule has 8 heteroatoms. The van der Waals surface area contributed by atoms with Gasteiger partial charge in [-0.05, 0) is 11.6 Å². The van der Waals surface area contributed by atoms with Gasteiger partial charge in [0.05, 0.1) is 10.4 Å². The molecule has 0 radical (unpaired) electrons. The highest BCUT2D eigenvalue weighted by Crippen LogP contribution is 2.24. The predicted molar refractivity (Wildman–Crippen MR) is 73.9 cm³/mol. The smallest absolute Gasteiger partial charge is 0.326 e. The molecule has 3 N–H and O–H groups in total. The van der Waals surface area contributed by atoms with E-state index in [1.54, 1.807) is 12.3 Å². The van der Waals surface area contributed by atoms with Crippen molar-refractivity contribution >= 4 is 28.5 Å². The van der Waals surface area contributed by atoms with Crippen molar-refractivity contribution in [1.29, 1.82) is 0 Å². The number of H-pyrrole nitrogens is 1. The number of carbonyl (C=O) groups excluding carboxylic acids is 1. The fraction of sp³-hybridized carbons (Fsp3) is 0.231. The van der Waals surface area contributed by atoms with Crippen molar-refractivity contribution in [3.05, 3.63) is 40.1 Å². The fourth-order valence-electron chi connectivity index (χ4n) is 2.12. The van der Waals surface area contributed by atoms with E-state index >= 15 is 0 Å². The number of aliphatic carboxylic acids is 1. The summed E-state index contributed by atoms with van der Waals surface area (Å²) in [4.78, 5) is 35.2. The first-order chi connectivity index (χ1) is 9.88. The molecule has 0 fully saturated rings. The summed E-state index contributed by atoms with van der Waals surface area (Å²) in [6, 6.07) is 3.25. The lowest BCUT2D eigenvalue weighted by Crippen LogP contribution is -2.41. The van der Waals surface area contributed by atoms with Gasteiger partial charge in [-0.25, -0.2) is 4.79 Å². The molecular weight excluding hydrogens is 278 g/mol. The first kappa shape index (κ1) is 14.5. The highest BCUT2D eigenvalue weighted by atomic mass is 16.6. The molecule has 1 atom stereocenters. The Morgan fingerprint density at radius 3 is 2.76 bits per heavy atom. The van der Waals surface area contributed by atoms with E-state index in [1.807, 2.05) is 0 Å². The van der Waals surface area contributed by atoms with Crippen LogP contribution in [0.5, 0.6) is 0 Å². The maximum Gasteiger partial charge on any atom is 0.326 e. The average molecular weight is 291 g/mol. The lowest BCUT2D eigenvalue weighted by molar-refractivity contribution is -0.384. The van der Waals surface area contributed by atoms with E-state index in [-0.39, 0.29) is 12.1 Å². The van der Waals surface area contributed by atoms with E-state index in [0.717, 1.165) is 0 Å². The number of fused-ring (bicyclic) bond motifs is 1. The number of carboxylic acids is 1. The molecule has 1 aromatic carbocycles. The Morgan fingerprint density at radius 2 is 2.19 bits per heavy atom. The number of nitrogens with zero attached hydrogens (tertiary/aromatic N) is 1. The Morgan fingerprint density at radius 1 is 1.48 bits per heavy atom. The molecule has 21 heavy (non-hydrogen) atoms. The summed E-state index contributed by atoms with van der Waals surface area (Å²) in [5.41, 5.74) is 1.17. The number of aromatic nitrogens is 1. The number of aromatic amines is 1. The van der Waals surface area contributed by atoms with Gasteiger partial charge in [0.15, 0.2) is 0 Å². The standard InChI is InChI=1S/C13H13N3O5/c1-7(17)15-12(13(18)19)4-8-6-14-11-5-9(16(20)21)2-3-10(8)11/h2-3,5-6,12,14H,4H2,1H3,(H,15,17)(H,18,19)/t12-/m0/s1. The number of hydrogen-bond donors (Lipinski definition) is 3. The van der Waals surface area contributed by atoms with E-state index in [2.05, 4.69) is 10.3 Å². The van der Waals surface area contributed by atoms with Crippen molar-refractivity contribution < 1.29 is 19.6 Å². The summed E-state index contributed by atoms with van der Waals surface area (Å²) in [5, 5.41) is 22.8. The highest BCUT2D eigenvalue weighted by Gasteiger charge is 2.21.